The number of nitrogens with one attached hydrogen (secondary N) is 2. The molecule has 0 radical (unpaired) electrons. The minimum absolute atomic E-state index is 0.121. The van der Waals surface area contributed by atoms with Gasteiger partial charge in [-0.1, -0.05) is 35.3 Å². The Morgan fingerprint density at radius 1 is 1.06 bits per heavy atom. The van der Waals surface area contributed by atoms with E-state index in [-0.39, 0.29) is 22.1 Å². The van der Waals surface area contributed by atoms with Crippen LogP contribution < -0.4 is 10.9 Å². The molecule has 0 unspecified atom stereocenters. The summed E-state index contributed by atoms with van der Waals surface area (Å²) in [5, 5.41) is 12.5. The maximum Gasteiger partial charge on any atom is 0.263 e. The fraction of sp³-hybridized carbons (Fsp3) is 0.125. The average Bonchev–Trinajstić information content (AvgIpc) is 3.40. The highest BCUT2D eigenvalue weighted by atomic mass is 35.5. The van der Waals surface area contributed by atoms with Crippen LogP contribution in [0.15, 0.2) is 53.5 Å². The first-order valence-corrected chi connectivity index (χ1v) is 11.4. The number of fused-ring (bicyclic) bond motifs is 1. The molecule has 176 valence electrons. The van der Waals surface area contributed by atoms with Gasteiger partial charge >= 0.3 is 0 Å². The number of H-pyrrole nitrogens is 1. The van der Waals surface area contributed by atoms with Crippen molar-refractivity contribution in [2.24, 2.45) is 0 Å². The lowest BCUT2D eigenvalue weighted by atomic mass is 10.1. The molecule has 0 saturated carbocycles. The van der Waals surface area contributed by atoms with Gasteiger partial charge < -0.3 is 5.32 Å². The normalized spacial score (nSPS) is 11.2. The van der Waals surface area contributed by atoms with Crippen molar-refractivity contribution in [2.45, 2.75) is 20.8 Å². The summed E-state index contributed by atoms with van der Waals surface area (Å²) in [5.41, 5.74) is 3.69. The first-order valence-electron chi connectivity index (χ1n) is 10.6. The molecular weight excluding hydrogens is 489 g/mol. The number of anilines is 1. The fourth-order valence-corrected chi connectivity index (χ4v) is 4.13. The van der Waals surface area contributed by atoms with Gasteiger partial charge in [-0.25, -0.2) is 4.68 Å². The highest BCUT2D eigenvalue weighted by molar-refractivity contribution is 6.36. The molecule has 0 atom stereocenters. The highest BCUT2D eigenvalue weighted by Gasteiger charge is 2.19. The Kier molecular flexibility index (Phi) is 5.66. The largest absolute Gasteiger partial charge is 0.306 e. The maximum atomic E-state index is 12.9. The Morgan fingerprint density at radius 3 is 2.66 bits per heavy atom. The van der Waals surface area contributed by atoms with Crippen molar-refractivity contribution in [1.82, 2.24) is 29.5 Å². The van der Waals surface area contributed by atoms with E-state index in [0.717, 1.165) is 16.8 Å². The van der Waals surface area contributed by atoms with Crippen molar-refractivity contribution in [3.8, 4) is 11.6 Å². The van der Waals surface area contributed by atoms with Crippen molar-refractivity contribution < 1.29 is 4.79 Å². The van der Waals surface area contributed by atoms with Crippen LogP contribution in [0.25, 0.3) is 22.7 Å². The number of hydrogen-bond acceptors (Lipinski definition) is 5. The van der Waals surface area contributed by atoms with Gasteiger partial charge in [0.25, 0.3) is 11.5 Å². The van der Waals surface area contributed by atoms with E-state index >= 15 is 0 Å². The molecule has 35 heavy (non-hydrogen) atoms. The van der Waals surface area contributed by atoms with Crippen LogP contribution >= 0.6 is 23.2 Å². The van der Waals surface area contributed by atoms with Gasteiger partial charge in [-0.15, -0.1) is 0 Å². The molecule has 0 fully saturated rings. The van der Waals surface area contributed by atoms with Crippen LogP contribution in [-0.4, -0.2) is 35.4 Å². The second kappa shape index (κ2) is 8.68. The molecule has 0 saturated heterocycles. The van der Waals surface area contributed by atoms with E-state index in [4.69, 9.17) is 23.2 Å². The zero-order chi connectivity index (χ0) is 24.9. The quantitative estimate of drug-likeness (QED) is 0.363. The number of rotatable bonds is 4. The summed E-state index contributed by atoms with van der Waals surface area (Å²) in [7, 11) is 0. The van der Waals surface area contributed by atoms with Gasteiger partial charge in [-0.2, -0.15) is 19.9 Å². The molecule has 2 aromatic carbocycles. The highest BCUT2D eigenvalue weighted by Crippen LogP contribution is 2.24. The smallest absolute Gasteiger partial charge is 0.263 e. The van der Waals surface area contributed by atoms with Crippen molar-refractivity contribution in [1.29, 1.82) is 0 Å². The molecule has 5 rings (SSSR count). The monoisotopic (exact) mass is 507 g/mol. The summed E-state index contributed by atoms with van der Waals surface area (Å²) in [6, 6.07) is 12.1. The van der Waals surface area contributed by atoms with Crippen LogP contribution in [0.4, 0.5) is 5.82 Å². The second-order valence-electron chi connectivity index (χ2n) is 8.06. The molecule has 0 aliphatic heterocycles. The van der Waals surface area contributed by atoms with E-state index < -0.39 is 5.91 Å². The lowest BCUT2D eigenvalue weighted by molar-refractivity contribution is 0.102. The lowest BCUT2D eigenvalue weighted by Crippen LogP contribution is -2.19. The molecule has 9 nitrogen and oxygen atoms in total. The van der Waals surface area contributed by atoms with Crippen LogP contribution in [-0.2, 0) is 0 Å². The molecule has 0 aliphatic carbocycles. The van der Waals surface area contributed by atoms with Crippen LogP contribution in [0, 0.1) is 20.8 Å². The molecule has 11 heteroatoms. The fourth-order valence-electron chi connectivity index (χ4n) is 3.75. The predicted molar refractivity (Wildman–Crippen MR) is 135 cm³/mol. The summed E-state index contributed by atoms with van der Waals surface area (Å²) in [6.07, 6.45) is 1.48. The van der Waals surface area contributed by atoms with Crippen molar-refractivity contribution in [3.05, 3.63) is 91.4 Å². The van der Waals surface area contributed by atoms with Crippen LogP contribution in [0.5, 0.6) is 0 Å². The molecule has 5 aromatic rings. The number of hydrogen-bond donors (Lipinski definition) is 2. The van der Waals surface area contributed by atoms with E-state index in [0.29, 0.717) is 27.6 Å². The third-order valence-electron chi connectivity index (χ3n) is 5.68. The average molecular weight is 508 g/mol. The number of nitrogens with zero attached hydrogens (tertiary/aromatic N) is 5. The van der Waals surface area contributed by atoms with Gasteiger partial charge in [0.2, 0.25) is 5.95 Å². The molecule has 3 heterocycles. The van der Waals surface area contributed by atoms with Gasteiger partial charge in [0.05, 0.1) is 28.2 Å². The number of aryl methyl sites for hydroxylation is 2. The van der Waals surface area contributed by atoms with E-state index in [1.165, 1.54) is 16.9 Å². The molecule has 2 N–H and O–H groups in total. The third-order valence-corrected chi connectivity index (χ3v) is 6.24. The Labute approximate surface area is 209 Å². The molecule has 1 amide bonds. The van der Waals surface area contributed by atoms with Crippen molar-refractivity contribution in [2.75, 3.05) is 5.32 Å². The number of benzene rings is 2. The topological polar surface area (TPSA) is 110 Å². The molecular formula is C24H19Cl2N7O2. The van der Waals surface area contributed by atoms with Gasteiger partial charge in [0.15, 0.2) is 5.65 Å². The number of halogens is 2. The molecule has 0 bridgehead atoms. The first-order chi connectivity index (χ1) is 16.7. The van der Waals surface area contributed by atoms with Gasteiger partial charge in [0, 0.05) is 11.1 Å². The second-order valence-corrected chi connectivity index (χ2v) is 8.91. The Hall–Kier alpha value is -3.95. The van der Waals surface area contributed by atoms with Gasteiger partial charge in [-0.05, 0) is 56.2 Å². The minimum atomic E-state index is -0.484. The Morgan fingerprint density at radius 2 is 1.86 bits per heavy atom. The Bertz CT molecular complexity index is 1680. The summed E-state index contributed by atoms with van der Waals surface area (Å²) < 4.78 is 2.98. The molecule has 0 spiro atoms. The molecule has 3 aromatic heterocycles. The number of aromatic amines is 1. The zero-order valence-electron chi connectivity index (χ0n) is 18.9. The molecule has 0 aliphatic rings. The maximum absolute atomic E-state index is 12.9. The van der Waals surface area contributed by atoms with Crippen molar-refractivity contribution >= 4 is 46.0 Å². The zero-order valence-corrected chi connectivity index (χ0v) is 20.4. The third kappa shape index (κ3) is 4.09. The van der Waals surface area contributed by atoms with Gasteiger partial charge in [0.1, 0.15) is 11.2 Å². The Balaban J connectivity index is 1.61. The SMILES string of the molecule is Cc1cc(NC(=O)c2cc(Cl)ccc2Cl)n(-c2nc3c(cnn3-c3cccc(C)c3C)c(=O)[nH]2)n1. The number of aromatic nitrogens is 6. The number of carbonyl (C=O) groups is 1. The first kappa shape index (κ1) is 22.8. The number of carbonyl (C=O) groups excluding carboxylic acids is 1. The van der Waals surface area contributed by atoms with E-state index in [9.17, 15) is 9.59 Å². The summed E-state index contributed by atoms with van der Waals surface area (Å²) in [6.45, 7) is 5.75. The van der Waals surface area contributed by atoms with E-state index in [2.05, 4.69) is 25.5 Å². The standard InChI is InChI=1S/C24H19Cl2N7O2/c1-12-5-4-6-19(14(12)3)32-21-17(11-27-32)23(35)30-24(29-21)33-20(9-13(2)31-33)28-22(34)16-10-15(25)7-8-18(16)26/h4-11H,1-3H3,(H,28,34)(H,29,30,35). The number of amides is 1. The van der Waals surface area contributed by atoms with Crippen LogP contribution in [0.2, 0.25) is 10.0 Å². The van der Waals surface area contributed by atoms with E-state index in [1.807, 2.05) is 32.0 Å². The minimum Gasteiger partial charge on any atom is -0.306 e. The van der Waals surface area contributed by atoms with Crippen molar-refractivity contribution in [3.63, 3.8) is 0 Å². The van der Waals surface area contributed by atoms with Crippen LogP contribution in [0.3, 0.4) is 0 Å². The van der Waals surface area contributed by atoms with Crippen LogP contribution in [0.1, 0.15) is 27.2 Å². The summed E-state index contributed by atoms with van der Waals surface area (Å²) >= 11 is 12.2. The predicted octanol–water partition coefficient (Wildman–Crippen LogP) is 4.78. The summed E-state index contributed by atoms with van der Waals surface area (Å²) in [5.74, 6) is -0.0681. The lowest BCUT2D eigenvalue weighted by Gasteiger charge is -2.11. The van der Waals surface area contributed by atoms with E-state index in [1.54, 1.807) is 29.8 Å². The summed E-state index contributed by atoms with van der Waals surface area (Å²) in [4.78, 5) is 33.2. The van der Waals surface area contributed by atoms with Gasteiger partial charge in [-0.3, -0.25) is 14.6 Å².